The number of aryl methyl sites for hydroxylation is 1. The van der Waals surface area contributed by atoms with Crippen LogP contribution in [-0.2, 0) is 11.2 Å². The molecule has 2 heterocycles. The van der Waals surface area contributed by atoms with E-state index in [-0.39, 0.29) is 5.91 Å². The van der Waals surface area contributed by atoms with E-state index in [1.165, 1.54) is 11.0 Å². The maximum Gasteiger partial charge on any atom is 0.224 e. The van der Waals surface area contributed by atoms with E-state index in [4.69, 9.17) is 4.74 Å². The van der Waals surface area contributed by atoms with Crippen LogP contribution in [0.15, 0.2) is 55.0 Å². The zero-order chi connectivity index (χ0) is 18.6. The van der Waals surface area contributed by atoms with Gasteiger partial charge in [-0.1, -0.05) is 18.2 Å². The largest absolute Gasteiger partial charge is 0.494 e. The number of nitrogens with zero attached hydrogens (tertiary/aromatic N) is 4. The molecule has 27 heavy (non-hydrogen) atoms. The van der Waals surface area contributed by atoms with Crippen molar-refractivity contribution in [2.45, 2.75) is 12.8 Å². The van der Waals surface area contributed by atoms with E-state index >= 15 is 0 Å². The summed E-state index contributed by atoms with van der Waals surface area (Å²) in [7, 11) is 1.56. The summed E-state index contributed by atoms with van der Waals surface area (Å²) >= 11 is 0. The molecule has 1 amide bonds. The summed E-state index contributed by atoms with van der Waals surface area (Å²) in [6, 6.07) is 13.4. The number of aromatic nitrogens is 5. The van der Waals surface area contributed by atoms with Gasteiger partial charge in [-0.05, 0) is 40.6 Å². The van der Waals surface area contributed by atoms with Gasteiger partial charge in [-0.25, -0.2) is 4.68 Å². The number of methoxy groups -OCH3 is 1. The van der Waals surface area contributed by atoms with Crippen LogP contribution in [0, 0.1) is 0 Å². The number of amides is 1. The van der Waals surface area contributed by atoms with Crippen LogP contribution in [0.3, 0.4) is 0 Å². The predicted molar refractivity (Wildman–Crippen MR) is 101 cm³/mol. The average molecular weight is 362 g/mol. The predicted octanol–water partition coefficient (Wildman–Crippen LogP) is 2.72. The van der Waals surface area contributed by atoms with E-state index in [9.17, 15) is 4.79 Å². The zero-order valence-electron chi connectivity index (χ0n) is 14.7. The van der Waals surface area contributed by atoms with Crippen molar-refractivity contribution < 1.29 is 9.53 Å². The van der Waals surface area contributed by atoms with Gasteiger partial charge in [0.1, 0.15) is 12.1 Å². The highest BCUT2D eigenvalue weighted by molar-refractivity contribution is 5.93. The van der Waals surface area contributed by atoms with Crippen LogP contribution in [0.1, 0.15) is 12.0 Å². The topological polar surface area (TPSA) is 97.7 Å². The quantitative estimate of drug-likeness (QED) is 0.550. The molecule has 2 aromatic carbocycles. The first-order valence-corrected chi connectivity index (χ1v) is 8.51. The van der Waals surface area contributed by atoms with Crippen molar-refractivity contribution >= 4 is 22.5 Å². The first-order chi connectivity index (χ1) is 13.2. The van der Waals surface area contributed by atoms with Gasteiger partial charge >= 0.3 is 0 Å². The fraction of sp³-hybridized carbons (Fsp3) is 0.158. The Hall–Kier alpha value is -3.68. The minimum atomic E-state index is -0.0752. The van der Waals surface area contributed by atoms with Crippen LogP contribution in [0.5, 0.6) is 5.75 Å². The molecule has 0 aliphatic carbocycles. The molecular formula is C19H18N6O2. The van der Waals surface area contributed by atoms with Crippen LogP contribution in [0.2, 0.25) is 0 Å². The fourth-order valence-electron chi connectivity index (χ4n) is 3.00. The van der Waals surface area contributed by atoms with Gasteiger partial charge in [-0.2, -0.15) is 0 Å². The molecule has 4 aromatic rings. The number of rotatable bonds is 6. The minimum Gasteiger partial charge on any atom is -0.494 e. The van der Waals surface area contributed by atoms with Crippen LogP contribution in [0.4, 0.5) is 5.69 Å². The van der Waals surface area contributed by atoms with Gasteiger partial charge in [-0.15, -0.1) is 5.10 Å². The molecule has 0 bridgehead atoms. The van der Waals surface area contributed by atoms with E-state index in [0.29, 0.717) is 24.3 Å². The molecular weight excluding hydrogens is 344 g/mol. The molecule has 0 saturated heterocycles. The summed E-state index contributed by atoms with van der Waals surface area (Å²) in [5.74, 6) is 0.470. The number of fused-ring (bicyclic) bond motifs is 1. The van der Waals surface area contributed by atoms with Gasteiger partial charge in [0.05, 0.1) is 18.5 Å². The van der Waals surface area contributed by atoms with Crippen molar-refractivity contribution in [3.05, 3.63) is 60.6 Å². The van der Waals surface area contributed by atoms with Crippen LogP contribution in [-0.4, -0.2) is 38.2 Å². The molecule has 4 rings (SSSR count). The lowest BCUT2D eigenvalue weighted by molar-refractivity contribution is -0.116. The lowest BCUT2D eigenvalue weighted by Gasteiger charge is -2.11. The molecule has 0 aliphatic rings. The Bertz CT molecular complexity index is 1070. The highest BCUT2D eigenvalue weighted by Crippen LogP contribution is 2.27. The van der Waals surface area contributed by atoms with Crippen LogP contribution in [0.25, 0.3) is 16.6 Å². The number of carbonyl (C=O) groups is 1. The number of benzene rings is 2. The lowest BCUT2D eigenvalue weighted by Crippen LogP contribution is -2.13. The Kier molecular flexibility index (Phi) is 4.52. The SMILES string of the molecule is COc1cc(-n2cnnn2)ccc1NC(=O)CCc1c[nH]c2ccccc12. The number of H-pyrrole nitrogens is 1. The third-order valence-corrected chi connectivity index (χ3v) is 4.37. The second kappa shape index (κ2) is 7.28. The van der Waals surface area contributed by atoms with Crippen LogP contribution >= 0.6 is 0 Å². The summed E-state index contributed by atoms with van der Waals surface area (Å²) in [5.41, 5.74) is 3.56. The average Bonchev–Trinajstić information content (AvgIpc) is 3.37. The van der Waals surface area contributed by atoms with Gasteiger partial charge in [0.2, 0.25) is 5.91 Å². The van der Waals surface area contributed by atoms with Crippen molar-refractivity contribution in [1.82, 2.24) is 25.2 Å². The van der Waals surface area contributed by atoms with E-state index < -0.39 is 0 Å². The first-order valence-electron chi connectivity index (χ1n) is 8.51. The smallest absolute Gasteiger partial charge is 0.224 e. The highest BCUT2D eigenvalue weighted by atomic mass is 16.5. The van der Waals surface area contributed by atoms with Crippen molar-refractivity contribution in [3.63, 3.8) is 0 Å². The van der Waals surface area contributed by atoms with E-state index in [1.54, 1.807) is 19.2 Å². The molecule has 2 aromatic heterocycles. The fourth-order valence-corrected chi connectivity index (χ4v) is 3.00. The number of aromatic amines is 1. The zero-order valence-corrected chi connectivity index (χ0v) is 14.7. The minimum absolute atomic E-state index is 0.0752. The van der Waals surface area contributed by atoms with E-state index in [2.05, 4.69) is 31.9 Å². The highest BCUT2D eigenvalue weighted by Gasteiger charge is 2.11. The van der Waals surface area contributed by atoms with Crippen molar-refractivity contribution in [2.24, 2.45) is 0 Å². The summed E-state index contributed by atoms with van der Waals surface area (Å²) in [5, 5.41) is 15.1. The summed E-state index contributed by atoms with van der Waals surface area (Å²) in [4.78, 5) is 15.6. The molecule has 0 radical (unpaired) electrons. The number of ether oxygens (including phenoxy) is 1. The number of anilines is 1. The number of carbonyl (C=O) groups excluding carboxylic acids is 1. The molecule has 0 spiro atoms. The molecule has 2 N–H and O–H groups in total. The molecule has 0 aliphatic heterocycles. The number of hydrogen-bond acceptors (Lipinski definition) is 5. The second-order valence-corrected chi connectivity index (χ2v) is 6.05. The van der Waals surface area contributed by atoms with Gasteiger partial charge in [0.25, 0.3) is 0 Å². The van der Waals surface area contributed by atoms with Crippen molar-refractivity contribution in [3.8, 4) is 11.4 Å². The third-order valence-electron chi connectivity index (χ3n) is 4.37. The summed E-state index contributed by atoms with van der Waals surface area (Å²) < 4.78 is 6.91. The number of nitrogens with one attached hydrogen (secondary N) is 2. The first kappa shape index (κ1) is 16.8. The van der Waals surface area contributed by atoms with E-state index in [1.807, 2.05) is 30.5 Å². The van der Waals surface area contributed by atoms with Gasteiger partial charge < -0.3 is 15.0 Å². The molecule has 0 saturated carbocycles. The number of hydrogen-bond donors (Lipinski definition) is 2. The number of tetrazole rings is 1. The van der Waals surface area contributed by atoms with Crippen molar-refractivity contribution in [2.75, 3.05) is 12.4 Å². The summed E-state index contributed by atoms with van der Waals surface area (Å²) in [6.45, 7) is 0. The maximum absolute atomic E-state index is 12.4. The monoisotopic (exact) mass is 362 g/mol. The Labute approximate surface area is 155 Å². The molecule has 0 fully saturated rings. The second-order valence-electron chi connectivity index (χ2n) is 6.05. The Balaban J connectivity index is 1.44. The molecule has 8 heteroatoms. The summed E-state index contributed by atoms with van der Waals surface area (Å²) in [6.07, 6.45) is 4.48. The van der Waals surface area contributed by atoms with E-state index in [0.717, 1.165) is 22.2 Å². The normalized spacial score (nSPS) is 10.9. The van der Waals surface area contributed by atoms with Gasteiger partial charge in [0.15, 0.2) is 0 Å². The Morgan fingerprint density at radius 1 is 1.26 bits per heavy atom. The Morgan fingerprint density at radius 3 is 2.96 bits per heavy atom. The molecule has 0 unspecified atom stereocenters. The van der Waals surface area contributed by atoms with Crippen LogP contribution < -0.4 is 10.1 Å². The molecule has 136 valence electrons. The standard InChI is InChI=1S/C19H18N6O2/c1-27-18-10-14(25-12-21-23-24-25)7-8-17(18)22-19(26)9-6-13-11-20-16-5-3-2-4-15(13)16/h2-5,7-8,10-12,20H,6,9H2,1H3,(H,22,26). The lowest BCUT2D eigenvalue weighted by atomic mass is 10.1. The maximum atomic E-state index is 12.4. The third kappa shape index (κ3) is 3.50. The molecule has 8 nitrogen and oxygen atoms in total. The molecule has 0 atom stereocenters. The van der Waals surface area contributed by atoms with Gasteiger partial charge in [-0.3, -0.25) is 4.79 Å². The van der Waals surface area contributed by atoms with Crippen molar-refractivity contribution in [1.29, 1.82) is 0 Å². The Morgan fingerprint density at radius 2 is 2.15 bits per heavy atom. The number of para-hydroxylation sites is 1. The van der Waals surface area contributed by atoms with Gasteiger partial charge in [0, 0.05) is 29.6 Å².